The molecule has 5 heteroatoms. The van der Waals surface area contributed by atoms with Crippen LogP contribution in [0.5, 0.6) is 5.75 Å². The van der Waals surface area contributed by atoms with Crippen molar-refractivity contribution < 1.29 is 4.74 Å². The number of hydrogen-bond donors (Lipinski definition) is 1. The fourth-order valence-corrected chi connectivity index (χ4v) is 3.90. The van der Waals surface area contributed by atoms with Crippen molar-refractivity contribution in [3.05, 3.63) is 24.3 Å². The minimum Gasteiger partial charge on any atom is -0.497 e. The molecule has 2 fully saturated rings. The van der Waals surface area contributed by atoms with E-state index in [9.17, 15) is 0 Å². The lowest BCUT2D eigenvalue weighted by molar-refractivity contribution is 0.368. The van der Waals surface area contributed by atoms with Crippen LogP contribution < -0.4 is 15.0 Å². The fraction of sp³-hybridized carbons (Fsp3) is 0.650. The zero-order chi connectivity index (χ0) is 17.9. The Hall–Kier alpha value is -1.91. The lowest BCUT2D eigenvalue weighted by Crippen LogP contribution is -2.42. The molecule has 138 valence electrons. The number of anilines is 1. The zero-order valence-corrected chi connectivity index (χ0v) is 16.1. The molecule has 1 unspecified atom stereocenters. The van der Waals surface area contributed by atoms with E-state index >= 15 is 0 Å². The summed E-state index contributed by atoms with van der Waals surface area (Å²) in [5.74, 6) is 2.64. The molecular formula is C20H32N4O. The number of methoxy groups -OCH3 is 1. The normalized spacial score (nSPS) is 23.2. The largest absolute Gasteiger partial charge is 0.497 e. The van der Waals surface area contributed by atoms with Crippen LogP contribution in [0.15, 0.2) is 29.3 Å². The van der Waals surface area contributed by atoms with Crippen molar-refractivity contribution in [2.45, 2.75) is 26.7 Å². The van der Waals surface area contributed by atoms with Crippen LogP contribution >= 0.6 is 0 Å². The molecule has 0 saturated carbocycles. The van der Waals surface area contributed by atoms with Gasteiger partial charge >= 0.3 is 0 Å². The third-order valence-corrected chi connectivity index (χ3v) is 5.44. The van der Waals surface area contributed by atoms with Crippen LogP contribution in [0.3, 0.4) is 0 Å². The van der Waals surface area contributed by atoms with Crippen molar-refractivity contribution in [1.29, 1.82) is 0 Å². The van der Waals surface area contributed by atoms with Crippen LogP contribution in [0.2, 0.25) is 0 Å². The molecule has 0 radical (unpaired) electrons. The molecule has 2 heterocycles. The first kappa shape index (κ1) is 17.9. The zero-order valence-electron chi connectivity index (χ0n) is 16.1. The van der Waals surface area contributed by atoms with Crippen LogP contribution in [-0.4, -0.2) is 57.7 Å². The fourth-order valence-electron chi connectivity index (χ4n) is 3.90. The third-order valence-electron chi connectivity index (χ3n) is 5.44. The molecule has 1 atom stereocenters. The summed E-state index contributed by atoms with van der Waals surface area (Å²) in [6.45, 7) is 10.1. The number of ether oxygens (including phenoxy) is 1. The van der Waals surface area contributed by atoms with E-state index in [0.29, 0.717) is 11.3 Å². The van der Waals surface area contributed by atoms with Gasteiger partial charge in [0.15, 0.2) is 5.96 Å². The van der Waals surface area contributed by atoms with Gasteiger partial charge in [-0.25, -0.2) is 0 Å². The summed E-state index contributed by atoms with van der Waals surface area (Å²) in [6.07, 6.45) is 2.45. The first-order valence-corrected chi connectivity index (χ1v) is 9.35. The van der Waals surface area contributed by atoms with E-state index in [4.69, 9.17) is 4.74 Å². The van der Waals surface area contributed by atoms with Gasteiger partial charge in [0.25, 0.3) is 0 Å². The number of nitrogens with one attached hydrogen (secondary N) is 1. The van der Waals surface area contributed by atoms with Gasteiger partial charge in [-0.15, -0.1) is 0 Å². The Kier molecular flexibility index (Phi) is 5.40. The highest BCUT2D eigenvalue weighted by molar-refractivity contribution is 5.80. The number of hydrogen-bond acceptors (Lipinski definition) is 3. The van der Waals surface area contributed by atoms with Crippen molar-refractivity contribution in [1.82, 2.24) is 10.2 Å². The Labute approximate surface area is 152 Å². The minimum absolute atomic E-state index is 0.397. The van der Waals surface area contributed by atoms with Crippen molar-refractivity contribution >= 4 is 11.6 Å². The SMILES string of the molecule is CN=C(NCC1CCN(c2cccc(OC)c2)C1)N1CCC(C)(C)C1. The van der Waals surface area contributed by atoms with Gasteiger partial charge in [-0.2, -0.15) is 0 Å². The Bertz CT molecular complexity index is 613. The summed E-state index contributed by atoms with van der Waals surface area (Å²) < 4.78 is 5.35. The van der Waals surface area contributed by atoms with Gasteiger partial charge in [-0.3, -0.25) is 4.99 Å². The van der Waals surface area contributed by atoms with Gasteiger partial charge in [0.1, 0.15) is 5.75 Å². The van der Waals surface area contributed by atoms with Gasteiger partial charge in [0, 0.05) is 51.5 Å². The summed E-state index contributed by atoms with van der Waals surface area (Å²) in [5, 5.41) is 3.61. The average Bonchev–Trinajstić information content (AvgIpc) is 3.22. The van der Waals surface area contributed by atoms with Crippen molar-refractivity contribution in [2.24, 2.45) is 16.3 Å². The van der Waals surface area contributed by atoms with E-state index < -0.39 is 0 Å². The lowest BCUT2D eigenvalue weighted by atomic mass is 9.93. The van der Waals surface area contributed by atoms with Crippen LogP contribution in [-0.2, 0) is 0 Å². The Morgan fingerprint density at radius 1 is 1.36 bits per heavy atom. The van der Waals surface area contributed by atoms with Crippen LogP contribution in [0.25, 0.3) is 0 Å². The second-order valence-electron chi connectivity index (χ2n) is 8.07. The number of rotatable bonds is 4. The molecule has 0 aromatic heterocycles. The number of likely N-dealkylation sites (tertiary alicyclic amines) is 1. The third kappa shape index (κ3) is 4.39. The van der Waals surface area contributed by atoms with Crippen LogP contribution in [0.4, 0.5) is 5.69 Å². The molecule has 2 saturated heterocycles. The first-order valence-electron chi connectivity index (χ1n) is 9.35. The van der Waals surface area contributed by atoms with Gasteiger partial charge in [-0.1, -0.05) is 19.9 Å². The van der Waals surface area contributed by atoms with Crippen molar-refractivity contribution in [2.75, 3.05) is 51.8 Å². The molecule has 0 spiro atoms. The topological polar surface area (TPSA) is 40.1 Å². The van der Waals surface area contributed by atoms with Crippen LogP contribution in [0.1, 0.15) is 26.7 Å². The van der Waals surface area contributed by atoms with E-state index in [-0.39, 0.29) is 0 Å². The molecule has 3 rings (SSSR count). The Balaban J connectivity index is 1.51. The molecule has 1 aromatic carbocycles. The number of guanidine groups is 1. The molecule has 2 aliphatic rings. The smallest absolute Gasteiger partial charge is 0.193 e. The van der Waals surface area contributed by atoms with Gasteiger partial charge in [-0.05, 0) is 36.3 Å². The molecule has 0 aliphatic carbocycles. The summed E-state index contributed by atoms with van der Waals surface area (Å²) >= 11 is 0. The second-order valence-corrected chi connectivity index (χ2v) is 8.07. The average molecular weight is 345 g/mol. The molecule has 2 aliphatic heterocycles. The molecular weight excluding hydrogens is 312 g/mol. The molecule has 0 amide bonds. The highest BCUT2D eigenvalue weighted by atomic mass is 16.5. The predicted molar refractivity (Wildman–Crippen MR) is 105 cm³/mol. The Morgan fingerprint density at radius 3 is 2.88 bits per heavy atom. The summed E-state index contributed by atoms with van der Waals surface area (Å²) in [6, 6.07) is 8.36. The van der Waals surface area contributed by atoms with Crippen molar-refractivity contribution in [3.8, 4) is 5.75 Å². The van der Waals surface area contributed by atoms with Crippen LogP contribution in [0, 0.1) is 11.3 Å². The van der Waals surface area contributed by atoms with E-state index in [1.54, 1.807) is 7.11 Å². The maximum Gasteiger partial charge on any atom is 0.193 e. The number of nitrogens with zero attached hydrogens (tertiary/aromatic N) is 3. The second kappa shape index (κ2) is 7.54. The summed E-state index contributed by atoms with van der Waals surface area (Å²) in [4.78, 5) is 9.35. The van der Waals surface area contributed by atoms with E-state index in [1.807, 2.05) is 13.1 Å². The quantitative estimate of drug-likeness (QED) is 0.673. The summed E-state index contributed by atoms with van der Waals surface area (Å²) in [5.41, 5.74) is 1.65. The molecule has 0 bridgehead atoms. The van der Waals surface area contributed by atoms with E-state index in [0.717, 1.165) is 44.4 Å². The highest BCUT2D eigenvalue weighted by Gasteiger charge is 2.31. The minimum atomic E-state index is 0.397. The standard InChI is InChI=1S/C20H32N4O/c1-20(2)9-11-24(15-20)19(21-3)22-13-16-8-10-23(14-16)17-6-5-7-18(12-17)25-4/h5-7,12,16H,8-11,13-15H2,1-4H3,(H,21,22). The maximum atomic E-state index is 5.35. The monoisotopic (exact) mass is 344 g/mol. The van der Waals surface area contributed by atoms with Gasteiger partial charge in [0.2, 0.25) is 0 Å². The van der Waals surface area contributed by atoms with Gasteiger partial charge in [0.05, 0.1) is 7.11 Å². The predicted octanol–water partition coefficient (Wildman–Crippen LogP) is 2.83. The molecule has 1 N–H and O–H groups in total. The van der Waals surface area contributed by atoms with Crippen molar-refractivity contribution in [3.63, 3.8) is 0 Å². The van der Waals surface area contributed by atoms with E-state index in [1.165, 1.54) is 18.5 Å². The number of aliphatic imine (C=N–C) groups is 1. The maximum absolute atomic E-state index is 5.35. The molecule has 5 nitrogen and oxygen atoms in total. The molecule has 1 aromatic rings. The first-order chi connectivity index (χ1) is 12.0. The van der Waals surface area contributed by atoms with Gasteiger partial charge < -0.3 is 19.9 Å². The molecule has 25 heavy (non-hydrogen) atoms. The van der Waals surface area contributed by atoms with E-state index in [2.05, 4.69) is 52.2 Å². The Morgan fingerprint density at radius 2 is 2.20 bits per heavy atom. The summed E-state index contributed by atoms with van der Waals surface area (Å²) in [7, 11) is 3.62. The number of benzene rings is 1. The highest BCUT2D eigenvalue weighted by Crippen LogP contribution is 2.29. The lowest BCUT2D eigenvalue weighted by Gasteiger charge is -2.25.